The number of carbonyl (C=O) groups excluding carboxylic acids is 3. The molecule has 8 nitrogen and oxygen atoms in total. The number of cyclic esters (lactones) is 1. The predicted octanol–water partition coefficient (Wildman–Crippen LogP) is 10.0. The molecule has 0 spiro atoms. The lowest BCUT2D eigenvalue weighted by atomic mass is 9.83. The molecule has 310 valence electrons. The lowest BCUT2D eigenvalue weighted by molar-refractivity contribution is -0.156. The standard InChI is InChI=1S/C33H54O6.C13H24O2/c1-11-22(3)25(6)31-27(38-31)20-32(8,9)17-12-13-23(4)30-24(5)14-15-28(37-26(7)34)33(10,36)18-16-21(2)19-29(35)39-30;1-6-9(2)10(3)12-11(15-12)7-13(4,5)8-14/h12-15,17,21-22,24-25,27-28,30-31,36H,11,16,18-20H2,1-10H3;8-12H,6-7H2,1-5H3/b15-14+,17-12+,23-13+;/t21-,22+,24+,25-,27-,28+,30-,31-,33-;9-,10+,11+,12+/m10/s1. The van der Waals surface area contributed by atoms with Crippen LogP contribution in [0.5, 0.6) is 0 Å². The number of carbonyl (C=O) groups is 3. The lowest BCUT2D eigenvalue weighted by Gasteiger charge is -2.32. The first-order valence-electron chi connectivity index (χ1n) is 20.9. The van der Waals surface area contributed by atoms with Gasteiger partial charge >= 0.3 is 11.9 Å². The second kappa shape index (κ2) is 20.8. The molecule has 3 aliphatic heterocycles. The average molecular weight is 759 g/mol. The van der Waals surface area contributed by atoms with Crippen LogP contribution in [0, 0.1) is 46.3 Å². The highest BCUT2D eigenvalue weighted by atomic mass is 16.6. The molecule has 0 amide bonds. The minimum Gasteiger partial charge on any atom is -0.457 e. The SMILES string of the molecule is CC[C@H](C)[C@@H](C)[C@H]1O[C@@H]1CC(C)(C)/C=C/C=C(\C)[C@H]1OC(=O)C[C@H](C)CC[C@@](C)(O)[C@@H](OC(C)=O)/C=C/[C@@H]1C.CC[C@H](C)[C@@H](C)[C@H]1O[C@@H]1CC(C)(C)C=O. The van der Waals surface area contributed by atoms with E-state index in [1.54, 1.807) is 13.0 Å². The molecule has 13 atom stereocenters. The van der Waals surface area contributed by atoms with Crippen LogP contribution in [0.15, 0.2) is 36.0 Å². The van der Waals surface area contributed by atoms with Gasteiger partial charge in [0.1, 0.15) is 24.1 Å². The molecule has 1 N–H and O–H groups in total. The molecule has 3 heterocycles. The first-order chi connectivity index (χ1) is 25.0. The Morgan fingerprint density at radius 2 is 1.46 bits per heavy atom. The lowest BCUT2D eigenvalue weighted by Crippen LogP contribution is -2.41. The summed E-state index contributed by atoms with van der Waals surface area (Å²) in [6.07, 6.45) is 16.5. The number of esters is 2. The third-order valence-corrected chi connectivity index (χ3v) is 12.4. The molecule has 54 heavy (non-hydrogen) atoms. The maximum absolute atomic E-state index is 12.8. The van der Waals surface area contributed by atoms with Crippen molar-refractivity contribution in [3.63, 3.8) is 0 Å². The first kappa shape index (κ1) is 47.9. The Labute approximate surface area is 329 Å². The van der Waals surface area contributed by atoms with Crippen LogP contribution >= 0.6 is 0 Å². The topological polar surface area (TPSA) is 115 Å². The molecule has 0 aromatic rings. The van der Waals surface area contributed by atoms with Crippen LogP contribution < -0.4 is 0 Å². The number of hydrogen-bond donors (Lipinski definition) is 1. The summed E-state index contributed by atoms with van der Waals surface area (Å²) in [6, 6.07) is 0. The molecule has 0 aliphatic carbocycles. The number of ether oxygens (including phenoxy) is 4. The van der Waals surface area contributed by atoms with Gasteiger partial charge in [0, 0.05) is 24.7 Å². The number of hydrogen-bond acceptors (Lipinski definition) is 8. The fourth-order valence-electron chi connectivity index (χ4n) is 7.47. The molecule has 8 heteroatoms. The highest BCUT2D eigenvalue weighted by molar-refractivity contribution is 5.70. The molecule has 0 radical (unpaired) electrons. The Bertz CT molecular complexity index is 1290. The molecule has 0 bridgehead atoms. The highest BCUT2D eigenvalue weighted by Gasteiger charge is 2.47. The summed E-state index contributed by atoms with van der Waals surface area (Å²) in [6.45, 7) is 30.9. The maximum atomic E-state index is 12.8. The Morgan fingerprint density at radius 1 is 0.944 bits per heavy atom. The van der Waals surface area contributed by atoms with Crippen LogP contribution in [0.1, 0.15) is 149 Å². The van der Waals surface area contributed by atoms with Crippen molar-refractivity contribution in [3.8, 4) is 0 Å². The van der Waals surface area contributed by atoms with E-state index in [2.05, 4.69) is 67.5 Å². The third kappa shape index (κ3) is 15.7. The van der Waals surface area contributed by atoms with Crippen LogP contribution in [0.3, 0.4) is 0 Å². The van der Waals surface area contributed by atoms with Crippen molar-refractivity contribution in [1.82, 2.24) is 0 Å². The Morgan fingerprint density at radius 3 is 1.94 bits per heavy atom. The van der Waals surface area contributed by atoms with E-state index in [1.165, 1.54) is 19.8 Å². The fourth-order valence-corrected chi connectivity index (χ4v) is 7.47. The van der Waals surface area contributed by atoms with Crippen LogP contribution in [0.25, 0.3) is 0 Å². The first-order valence-corrected chi connectivity index (χ1v) is 20.9. The van der Waals surface area contributed by atoms with Gasteiger partial charge in [-0.2, -0.15) is 0 Å². The third-order valence-electron chi connectivity index (χ3n) is 12.4. The Hall–Kier alpha value is -2.29. The molecular formula is C46H78O8. The van der Waals surface area contributed by atoms with Crippen LogP contribution in [0.4, 0.5) is 0 Å². The fraction of sp³-hybridized carbons (Fsp3) is 0.804. The summed E-state index contributed by atoms with van der Waals surface area (Å²) < 4.78 is 23.2. The van der Waals surface area contributed by atoms with Gasteiger partial charge in [-0.15, -0.1) is 0 Å². The van der Waals surface area contributed by atoms with Gasteiger partial charge in [-0.1, -0.05) is 120 Å². The average Bonchev–Trinajstić information content (AvgIpc) is 4.02. The summed E-state index contributed by atoms with van der Waals surface area (Å²) in [5.74, 6) is 1.71. The maximum Gasteiger partial charge on any atom is 0.306 e. The van der Waals surface area contributed by atoms with Crippen molar-refractivity contribution in [2.75, 3.05) is 0 Å². The van der Waals surface area contributed by atoms with Gasteiger partial charge in [-0.25, -0.2) is 0 Å². The highest BCUT2D eigenvalue weighted by Crippen LogP contribution is 2.42. The van der Waals surface area contributed by atoms with Crippen LogP contribution in [-0.2, 0) is 33.3 Å². The number of allylic oxidation sites excluding steroid dienone is 3. The van der Waals surface area contributed by atoms with E-state index < -0.39 is 23.8 Å². The zero-order chi connectivity index (χ0) is 41.2. The molecule has 2 saturated heterocycles. The van der Waals surface area contributed by atoms with Gasteiger partial charge in [-0.05, 0) is 86.2 Å². The molecule has 3 aliphatic rings. The molecule has 3 rings (SSSR count). The Kier molecular flexibility index (Phi) is 18.4. The smallest absolute Gasteiger partial charge is 0.306 e. The molecular weight excluding hydrogens is 680 g/mol. The van der Waals surface area contributed by atoms with Crippen LogP contribution in [-0.4, -0.2) is 65.6 Å². The van der Waals surface area contributed by atoms with Crippen molar-refractivity contribution in [1.29, 1.82) is 0 Å². The van der Waals surface area contributed by atoms with E-state index in [1.807, 2.05) is 46.8 Å². The van der Waals surface area contributed by atoms with Crippen molar-refractivity contribution in [2.45, 2.75) is 191 Å². The van der Waals surface area contributed by atoms with Crippen molar-refractivity contribution < 1.29 is 38.4 Å². The minimum atomic E-state index is -1.23. The van der Waals surface area contributed by atoms with E-state index in [0.29, 0.717) is 60.9 Å². The number of rotatable bonds is 15. The zero-order valence-corrected chi connectivity index (χ0v) is 36.6. The molecule has 0 unspecified atom stereocenters. The molecule has 0 aromatic carbocycles. The van der Waals surface area contributed by atoms with Crippen molar-refractivity contribution in [2.24, 2.45) is 46.3 Å². The van der Waals surface area contributed by atoms with Gasteiger partial charge in [0.25, 0.3) is 0 Å². The number of epoxide rings is 2. The van der Waals surface area contributed by atoms with Gasteiger partial charge < -0.3 is 28.8 Å². The molecule has 0 aromatic heterocycles. The summed E-state index contributed by atoms with van der Waals surface area (Å²) in [7, 11) is 0. The van der Waals surface area contributed by atoms with E-state index >= 15 is 0 Å². The van der Waals surface area contributed by atoms with E-state index in [0.717, 1.165) is 24.7 Å². The van der Waals surface area contributed by atoms with Gasteiger partial charge in [-0.3, -0.25) is 9.59 Å². The quantitative estimate of drug-likeness (QED) is 0.0577. The summed E-state index contributed by atoms with van der Waals surface area (Å²) in [5, 5.41) is 11.1. The second-order valence-electron chi connectivity index (χ2n) is 18.9. The molecule has 2 fully saturated rings. The van der Waals surface area contributed by atoms with E-state index in [-0.39, 0.29) is 35.1 Å². The van der Waals surface area contributed by atoms with Gasteiger partial charge in [0.15, 0.2) is 0 Å². The number of aldehydes is 1. The predicted molar refractivity (Wildman–Crippen MR) is 218 cm³/mol. The molecule has 0 saturated carbocycles. The monoisotopic (exact) mass is 759 g/mol. The normalized spacial score (nSPS) is 33.8. The van der Waals surface area contributed by atoms with Gasteiger partial charge in [0.05, 0.1) is 24.4 Å². The van der Waals surface area contributed by atoms with Crippen LogP contribution in [0.2, 0.25) is 0 Å². The van der Waals surface area contributed by atoms with Gasteiger partial charge in [0.2, 0.25) is 0 Å². The van der Waals surface area contributed by atoms with E-state index in [9.17, 15) is 19.5 Å². The van der Waals surface area contributed by atoms with Crippen molar-refractivity contribution >= 4 is 18.2 Å². The largest absolute Gasteiger partial charge is 0.457 e. The number of aliphatic hydroxyl groups is 1. The second-order valence-corrected chi connectivity index (χ2v) is 18.9. The zero-order valence-electron chi connectivity index (χ0n) is 36.6. The minimum absolute atomic E-state index is 0.0294. The van der Waals surface area contributed by atoms with E-state index in [4.69, 9.17) is 18.9 Å². The summed E-state index contributed by atoms with van der Waals surface area (Å²) in [4.78, 5) is 35.4. The Balaban J connectivity index is 0.000000559. The summed E-state index contributed by atoms with van der Waals surface area (Å²) in [5.41, 5.74) is -0.559. The summed E-state index contributed by atoms with van der Waals surface area (Å²) >= 11 is 0. The van der Waals surface area contributed by atoms with Crippen molar-refractivity contribution in [3.05, 3.63) is 36.0 Å².